The number of rotatable bonds is 10. The molecule has 0 bridgehead atoms. The largest absolute Gasteiger partial charge is 0.457 e. The fourth-order valence-corrected chi connectivity index (χ4v) is 3.58. The van der Waals surface area contributed by atoms with Crippen molar-refractivity contribution in [1.82, 2.24) is 9.97 Å². The number of nitrogens with one attached hydrogen (secondary N) is 1. The van der Waals surface area contributed by atoms with Crippen molar-refractivity contribution in [3.8, 4) is 11.5 Å². The van der Waals surface area contributed by atoms with Crippen LogP contribution in [0.1, 0.15) is 37.9 Å². The number of hydrogen-bond acceptors (Lipinski definition) is 4. The van der Waals surface area contributed by atoms with E-state index in [1.165, 1.54) is 5.56 Å². The Morgan fingerprint density at radius 2 is 1.53 bits per heavy atom. The lowest BCUT2D eigenvalue weighted by Gasteiger charge is -2.14. The summed E-state index contributed by atoms with van der Waals surface area (Å²) in [6.45, 7) is 5.14. The molecule has 1 heterocycles. The Labute approximate surface area is 188 Å². The van der Waals surface area contributed by atoms with E-state index in [4.69, 9.17) is 27.9 Å². The summed E-state index contributed by atoms with van der Waals surface area (Å²) in [5, 5.41) is 4.67. The highest BCUT2D eigenvalue weighted by Crippen LogP contribution is 2.26. The normalized spacial score (nSPS) is 11.0. The van der Waals surface area contributed by atoms with Gasteiger partial charge in [0.2, 0.25) is 0 Å². The Morgan fingerprint density at radius 1 is 0.900 bits per heavy atom. The molecule has 2 aromatic carbocycles. The Kier molecular flexibility index (Phi) is 8.35. The van der Waals surface area contributed by atoms with Crippen molar-refractivity contribution in [2.75, 3.05) is 11.9 Å². The van der Waals surface area contributed by atoms with Gasteiger partial charge in [-0.05, 0) is 60.7 Å². The van der Waals surface area contributed by atoms with E-state index in [2.05, 4.69) is 41.3 Å². The highest BCUT2D eigenvalue weighted by Gasteiger charge is 2.13. The average Bonchev–Trinajstić information content (AvgIpc) is 2.77. The minimum absolute atomic E-state index is 0.596. The topological polar surface area (TPSA) is 47.0 Å². The van der Waals surface area contributed by atoms with Gasteiger partial charge >= 0.3 is 0 Å². The summed E-state index contributed by atoms with van der Waals surface area (Å²) in [5.41, 5.74) is 2.12. The molecule has 0 saturated heterocycles. The molecule has 0 amide bonds. The molecule has 0 saturated carbocycles. The number of benzene rings is 2. The van der Waals surface area contributed by atoms with Crippen molar-refractivity contribution in [3.05, 3.63) is 76.2 Å². The molecule has 3 rings (SSSR count). The molecule has 0 radical (unpaired) electrons. The van der Waals surface area contributed by atoms with Crippen LogP contribution in [-0.4, -0.2) is 16.5 Å². The molecule has 4 nitrogen and oxygen atoms in total. The van der Waals surface area contributed by atoms with Gasteiger partial charge in [0.15, 0.2) is 0 Å². The first-order valence-electron chi connectivity index (χ1n) is 10.3. The van der Waals surface area contributed by atoms with Crippen LogP contribution in [0.2, 0.25) is 10.0 Å². The zero-order chi connectivity index (χ0) is 21.3. The zero-order valence-electron chi connectivity index (χ0n) is 17.4. The summed E-state index contributed by atoms with van der Waals surface area (Å²) in [5.74, 6) is 2.85. The summed E-state index contributed by atoms with van der Waals surface area (Å²) < 4.78 is 5.83. The summed E-state index contributed by atoms with van der Waals surface area (Å²) in [6, 6.07) is 15.4. The van der Waals surface area contributed by atoms with E-state index in [1.54, 1.807) is 6.33 Å². The van der Waals surface area contributed by atoms with Crippen molar-refractivity contribution in [2.24, 2.45) is 5.92 Å². The maximum atomic E-state index is 6.54. The van der Waals surface area contributed by atoms with Gasteiger partial charge in [-0.15, -0.1) is 0 Å². The first kappa shape index (κ1) is 22.4. The summed E-state index contributed by atoms with van der Waals surface area (Å²) in [4.78, 5) is 8.70. The fourth-order valence-electron chi connectivity index (χ4n) is 3.21. The summed E-state index contributed by atoms with van der Waals surface area (Å²) in [6.07, 6.45) is 5.57. The Hall–Kier alpha value is -2.30. The molecule has 0 spiro atoms. The van der Waals surface area contributed by atoms with Crippen molar-refractivity contribution in [1.29, 1.82) is 0 Å². The van der Waals surface area contributed by atoms with Gasteiger partial charge in [0.25, 0.3) is 0 Å². The second-order valence-corrected chi connectivity index (χ2v) is 8.06. The number of nitrogens with zero attached hydrogens (tertiary/aromatic N) is 2. The monoisotopic (exact) mass is 443 g/mol. The van der Waals surface area contributed by atoms with Gasteiger partial charge in [-0.3, -0.25) is 0 Å². The standard InChI is InChI=1S/C24H27Cl2N3O/c1-3-17(4-2)15-22-23(26)24(29-16-28-22)27-14-13-18-5-9-20(10-6-18)30-21-11-7-19(25)8-12-21/h5-12,16-17H,3-4,13-15H2,1-2H3,(H,27,28,29). The van der Waals surface area contributed by atoms with Crippen molar-refractivity contribution >= 4 is 29.0 Å². The van der Waals surface area contributed by atoms with Gasteiger partial charge in [-0.1, -0.05) is 62.0 Å². The Morgan fingerprint density at radius 3 is 2.17 bits per heavy atom. The lowest BCUT2D eigenvalue weighted by Crippen LogP contribution is -2.10. The van der Waals surface area contributed by atoms with Crippen LogP contribution in [0.15, 0.2) is 54.9 Å². The van der Waals surface area contributed by atoms with Crippen LogP contribution in [0, 0.1) is 5.92 Å². The van der Waals surface area contributed by atoms with Gasteiger partial charge in [-0.2, -0.15) is 0 Å². The lowest BCUT2D eigenvalue weighted by atomic mass is 9.97. The summed E-state index contributed by atoms with van der Waals surface area (Å²) in [7, 11) is 0. The Balaban J connectivity index is 1.53. The third kappa shape index (κ3) is 6.35. The molecule has 0 unspecified atom stereocenters. The van der Waals surface area contributed by atoms with Crippen LogP contribution >= 0.6 is 23.2 Å². The van der Waals surface area contributed by atoms with E-state index in [0.717, 1.165) is 49.4 Å². The molecule has 0 fully saturated rings. The SMILES string of the molecule is CCC(CC)Cc1ncnc(NCCc2ccc(Oc3ccc(Cl)cc3)cc2)c1Cl. The zero-order valence-corrected chi connectivity index (χ0v) is 18.9. The van der Waals surface area contributed by atoms with Crippen LogP contribution in [0.3, 0.4) is 0 Å². The van der Waals surface area contributed by atoms with E-state index in [0.29, 0.717) is 21.8 Å². The smallest absolute Gasteiger partial charge is 0.148 e. The van der Waals surface area contributed by atoms with E-state index in [1.807, 2.05) is 36.4 Å². The molecule has 158 valence electrons. The molecule has 1 N–H and O–H groups in total. The second kappa shape index (κ2) is 11.2. The number of ether oxygens (including phenoxy) is 1. The van der Waals surface area contributed by atoms with Gasteiger partial charge < -0.3 is 10.1 Å². The van der Waals surface area contributed by atoms with Gasteiger partial charge in [0, 0.05) is 11.6 Å². The predicted molar refractivity (Wildman–Crippen MR) is 125 cm³/mol. The van der Waals surface area contributed by atoms with Crippen LogP contribution in [0.4, 0.5) is 5.82 Å². The molecule has 0 aliphatic rings. The van der Waals surface area contributed by atoms with Crippen molar-refractivity contribution in [2.45, 2.75) is 39.5 Å². The van der Waals surface area contributed by atoms with Crippen LogP contribution in [-0.2, 0) is 12.8 Å². The minimum Gasteiger partial charge on any atom is -0.457 e. The van der Waals surface area contributed by atoms with Gasteiger partial charge in [-0.25, -0.2) is 9.97 Å². The first-order chi connectivity index (χ1) is 14.6. The van der Waals surface area contributed by atoms with E-state index in [-0.39, 0.29) is 0 Å². The number of aromatic nitrogens is 2. The molecule has 30 heavy (non-hydrogen) atoms. The molecule has 0 aliphatic heterocycles. The first-order valence-corrected chi connectivity index (χ1v) is 11.1. The van der Waals surface area contributed by atoms with Crippen LogP contribution in [0.25, 0.3) is 0 Å². The third-order valence-corrected chi connectivity index (χ3v) is 5.83. The maximum absolute atomic E-state index is 6.54. The van der Waals surface area contributed by atoms with E-state index >= 15 is 0 Å². The highest BCUT2D eigenvalue weighted by molar-refractivity contribution is 6.33. The molecule has 1 aromatic heterocycles. The quantitative estimate of drug-likeness (QED) is 0.359. The maximum Gasteiger partial charge on any atom is 0.148 e. The van der Waals surface area contributed by atoms with Crippen molar-refractivity contribution in [3.63, 3.8) is 0 Å². The molecule has 6 heteroatoms. The lowest BCUT2D eigenvalue weighted by molar-refractivity contribution is 0.482. The van der Waals surface area contributed by atoms with Crippen molar-refractivity contribution < 1.29 is 4.74 Å². The predicted octanol–water partition coefficient (Wildman–Crippen LogP) is 7.21. The fraction of sp³-hybridized carbons (Fsp3) is 0.333. The molecule has 0 aliphatic carbocycles. The van der Waals surface area contributed by atoms with Crippen LogP contribution in [0.5, 0.6) is 11.5 Å². The average molecular weight is 444 g/mol. The molecular formula is C24H27Cl2N3O. The Bertz CT molecular complexity index is 926. The van der Waals surface area contributed by atoms with Gasteiger partial charge in [0.1, 0.15) is 28.7 Å². The third-order valence-electron chi connectivity index (χ3n) is 5.18. The number of hydrogen-bond donors (Lipinski definition) is 1. The van der Waals surface area contributed by atoms with Crippen LogP contribution < -0.4 is 10.1 Å². The summed E-state index contributed by atoms with van der Waals surface area (Å²) >= 11 is 12.4. The van der Waals surface area contributed by atoms with E-state index in [9.17, 15) is 0 Å². The number of anilines is 1. The molecular weight excluding hydrogens is 417 g/mol. The highest BCUT2D eigenvalue weighted by atomic mass is 35.5. The second-order valence-electron chi connectivity index (χ2n) is 7.25. The minimum atomic E-state index is 0.596. The molecule has 3 aromatic rings. The molecule has 0 atom stereocenters. The van der Waals surface area contributed by atoms with Gasteiger partial charge in [0.05, 0.1) is 5.69 Å². The number of halogens is 2. The van der Waals surface area contributed by atoms with E-state index < -0.39 is 0 Å².